The SMILES string of the molecule is O=C(C=Cc1cccs1)Nc1cccc(Oc2cnccn2)c1. The first-order valence-corrected chi connectivity index (χ1v) is 7.74. The number of amides is 1. The standard InChI is InChI=1S/C17H13N3O2S/c21-16(7-6-15-5-2-10-23-15)20-13-3-1-4-14(11-13)22-17-12-18-8-9-19-17/h1-12H,(H,20,21). The van der Waals surface area contributed by atoms with Crippen molar-refractivity contribution in [2.45, 2.75) is 0 Å². The molecule has 0 saturated heterocycles. The van der Waals surface area contributed by atoms with E-state index in [0.717, 1.165) is 4.88 Å². The molecule has 0 unspecified atom stereocenters. The zero-order chi connectivity index (χ0) is 15.9. The van der Waals surface area contributed by atoms with Gasteiger partial charge in [0.1, 0.15) is 5.75 Å². The van der Waals surface area contributed by atoms with Crippen molar-refractivity contribution in [3.05, 3.63) is 71.3 Å². The molecule has 2 aromatic heterocycles. The summed E-state index contributed by atoms with van der Waals surface area (Å²) < 4.78 is 5.58. The van der Waals surface area contributed by atoms with Gasteiger partial charge in [0.25, 0.3) is 0 Å². The van der Waals surface area contributed by atoms with Crippen LogP contribution in [-0.2, 0) is 4.79 Å². The number of hydrogen-bond donors (Lipinski definition) is 1. The Morgan fingerprint density at radius 2 is 2.17 bits per heavy atom. The maximum atomic E-state index is 11.9. The highest BCUT2D eigenvalue weighted by molar-refractivity contribution is 7.10. The highest BCUT2D eigenvalue weighted by Gasteiger charge is 2.02. The molecule has 0 aliphatic rings. The lowest BCUT2D eigenvalue weighted by molar-refractivity contribution is -0.111. The smallest absolute Gasteiger partial charge is 0.248 e. The maximum absolute atomic E-state index is 11.9. The van der Waals surface area contributed by atoms with Crippen molar-refractivity contribution in [1.82, 2.24) is 9.97 Å². The van der Waals surface area contributed by atoms with E-state index in [1.807, 2.05) is 17.5 Å². The van der Waals surface area contributed by atoms with Crippen molar-refractivity contribution in [1.29, 1.82) is 0 Å². The lowest BCUT2D eigenvalue weighted by atomic mass is 10.3. The Bertz CT molecular complexity index is 802. The summed E-state index contributed by atoms with van der Waals surface area (Å²) >= 11 is 1.58. The van der Waals surface area contributed by atoms with Crippen LogP contribution in [-0.4, -0.2) is 15.9 Å². The van der Waals surface area contributed by atoms with Gasteiger partial charge in [0.15, 0.2) is 0 Å². The molecule has 0 radical (unpaired) electrons. The quantitative estimate of drug-likeness (QED) is 0.721. The summed E-state index contributed by atoms with van der Waals surface area (Å²) in [6.45, 7) is 0. The van der Waals surface area contributed by atoms with Gasteiger partial charge in [-0.05, 0) is 29.7 Å². The van der Waals surface area contributed by atoms with Crippen LogP contribution in [0.25, 0.3) is 6.08 Å². The molecule has 0 bridgehead atoms. The van der Waals surface area contributed by atoms with Gasteiger partial charge in [-0.25, -0.2) is 4.98 Å². The summed E-state index contributed by atoms with van der Waals surface area (Å²) in [4.78, 5) is 20.9. The van der Waals surface area contributed by atoms with E-state index in [4.69, 9.17) is 4.74 Å². The largest absolute Gasteiger partial charge is 0.437 e. The van der Waals surface area contributed by atoms with Crippen LogP contribution in [0.1, 0.15) is 4.88 Å². The third kappa shape index (κ3) is 4.49. The number of thiophene rings is 1. The fourth-order valence-corrected chi connectivity index (χ4v) is 2.44. The minimum Gasteiger partial charge on any atom is -0.437 e. The van der Waals surface area contributed by atoms with Gasteiger partial charge in [-0.15, -0.1) is 11.3 Å². The van der Waals surface area contributed by atoms with E-state index in [1.54, 1.807) is 54.1 Å². The van der Waals surface area contributed by atoms with Crippen molar-refractivity contribution >= 4 is 29.0 Å². The molecule has 0 fully saturated rings. The molecule has 0 atom stereocenters. The van der Waals surface area contributed by atoms with Crippen LogP contribution in [0.4, 0.5) is 5.69 Å². The van der Waals surface area contributed by atoms with Crippen molar-refractivity contribution in [3.8, 4) is 11.6 Å². The topological polar surface area (TPSA) is 64.1 Å². The molecule has 2 heterocycles. The van der Waals surface area contributed by atoms with E-state index in [0.29, 0.717) is 17.3 Å². The second-order valence-corrected chi connectivity index (χ2v) is 5.49. The van der Waals surface area contributed by atoms with Crippen LogP contribution in [0.5, 0.6) is 11.6 Å². The zero-order valence-corrected chi connectivity index (χ0v) is 12.9. The lowest BCUT2D eigenvalue weighted by Crippen LogP contribution is -2.07. The fraction of sp³-hybridized carbons (Fsp3) is 0. The molecule has 1 N–H and O–H groups in total. The number of aromatic nitrogens is 2. The number of benzene rings is 1. The Kier molecular flexibility index (Phi) is 4.76. The van der Waals surface area contributed by atoms with E-state index >= 15 is 0 Å². The van der Waals surface area contributed by atoms with E-state index in [2.05, 4.69) is 15.3 Å². The molecule has 0 aliphatic carbocycles. The van der Waals surface area contributed by atoms with Crippen LogP contribution in [0, 0.1) is 0 Å². The van der Waals surface area contributed by atoms with Gasteiger partial charge >= 0.3 is 0 Å². The van der Waals surface area contributed by atoms with Gasteiger partial charge in [0, 0.05) is 35.1 Å². The van der Waals surface area contributed by atoms with Crippen molar-refractivity contribution < 1.29 is 9.53 Å². The summed E-state index contributed by atoms with van der Waals surface area (Å²) in [6.07, 6.45) is 7.93. The molecule has 5 nitrogen and oxygen atoms in total. The van der Waals surface area contributed by atoms with E-state index in [9.17, 15) is 4.79 Å². The normalized spacial score (nSPS) is 10.6. The Morgan fingerprint density at radius 1 is 1.22 bits per heavy atom. The minimum atomic E-state index is -0.199. The highest BCUT2D eigenvalue weighted by atomic mass is 32.1. The summed E-state index contributed by atoms with van der Waals surface area (Å²) in [5.41, 5.74) is 0.646. The van der Waals surface area contributed by atoms with Crippen LogP contribution in [0.15, 0.2) is 66.4 Å². The molecule has 0 saturated carbocycles. The van der Waals surface area contributed by atoms with Gasteiger partial charge in [0.05, 0.1) is 6.20 Å². The number of rotatable bonds is 5. The predicted octanol–water partition coefficient (Wildman–Crippen LogP) is 3.98. The second-order valence-electron chi connectivity index (χ2n) is 4.51. The van der Waals surface area contributed by atoms with E-state index in [1.165, 1.54) is 12.3 Å². The number of nitrogens with zero attached hydrogens (tertiary/aromatic N) is 2. The van der Waals surface area contributed by atoms with Crippen LogP contribution in [0.2, 0.25) is 0 Å². The number of ether oxygens (including phenoxy) is 1. The van der Waals surface area contributed by atoms with E-state index in [-0.39, 0.29) is 5.91 Å². The fourth-order valence-electron chi connectivity index (χ4n) is 1.82. The van der Waals surface area contributed by atoms with Gasteiger partial charge < -0.3 is 10.1 Å². The summed E-state index contributed by atoms with van der Waals surface area (Å²) in [5.74, 6) is 0.772. The van der Waals surface area contributed by atoms with Gasteiger partial charge in [-0.3, -0.25) is 9.78 Å². The Labute approximate surface area is 137 Å². The first kappa shape index (κ1) is 14.9. The Hall–Kier alpha value is -2.99. The molecule has 6 heteroatoms. The molecule has 0 aliphatic heterocycles. The van der Waals surface area contributed by atoms with Crippen LogP contribution >= 0.6 is 11.3 Å². The highest BCUT2D eigenvalue weighted by Crippen LogP contribution is 2.22. The summed E-state index contributed by atoms with van der Waals surface area (Å²) in [6, 6.07) is 11.0. The minimum absolute atomic E-state index is 0.199. The molecule has 23 heavy (non-hydrogen) atoms. The van der Waals surface area contributed by atoms with Gasteiger partial charge in [0.2, 0.25) is 11.8 Å². The molecule has 114 valence electrons. The van der Waals surface area contributed by atoms with E-state index < -0.39 is 0 Å². The molecular weight excluding hydrogens is 310 g/mol. The lowest BCUT2D eigenvalue weighted by Gasteiger charge is -2.06. The number of carbonyl (C=O) groups excluding carboxylic acids is 1. The van der Waals surface area contributed by atoms with Crippen molar-refractivity contribution in [2.24, 2.45) is 0 Å². The first-order chi connectivity index (χ1) is 11.3. The molecule has 0 spiro atoms. The average Bonchev–Trinajstić information content (AvgIpc) is 3.08. The summed E-state index contributed by atoms with van der Waals surface area (Å²) in [7, 11) is 0. The summed E-state index contributed by atoms with van der Waals surface area (Å²) in [5, 5.41) is 4.76. The maximum Gasteiger partial charge on any atom is 0.248 e. The van der Waals surface area contributed by atoms with Gasteiger partial charge in [-0.2, -0.15) is 0 Å². The monoisotopic (exact) mass is 323 g/mol. The zero-order valence-electron chi connectivity index (χ0n) is 12.0. The predicted molar refractivity (Wildman–Crippen MR) is 90.5 cm³/mol. The number of carbonyl (C=O) groups is 1. The van der Waals surface area contributed by atoms with Crippen molar-refractivity contribution in [2.75, 3.05) is 5.32 Å². The van der Waals surface area contributed by atoms with Crippen LogP contribution in [0.3, 0.4) is 0 Å². The van der Waals surface area contributed by atoms with Gasteiger partial charge in [-0.1, -0.05) is 12.1 Å². The van der Waals surface area contributed by atoms with Crippen LogP contribution < -0.4 is 10.1 Å². The average molecular weight is 323 g/mol. The third-order valence-electron chi connectivity index (χ3n) is 2.81. The molecule has 3 aromatic rings. The molecular formula is C17H13N3O2S. The third-order valence-corrected chi connectivity index (χ3v) is 3.64. The second kappa shape index (κ2) is 7.33. The Morgan fingerprint density at radius 3 is 2.96 bits per heavy atom. The molecule has 3 rings (SSSR count). The number of nitrogens with one attached hydrogen (secondary N) is 1. The number of anilines is 1. The number of hydrogen-bond acceptors (Lipinski definition) is 5. The van der Waals surface area contributed by atoms with Crippen molar-refractivity contribution in [3.63, 3.8) is 0 Å². The molecule has 1 amide bonds. The first-order valence-electron chi connectivity index (χ1n) is 6.86. The Balaban J connectivity index is 1.64. The molecule has 1 aromatic carbocycles.